The van der Waals surface area contributed by atoms with E-state index in [9.17, 15) is 14.4 Å². The molecular weight excluding hydrogens is 482 g/mol. The van der Waals surface area contributed by atoms with Crippen molar-refractivity contribution in [1.29, 1.82) is 0 Å². The molecule has 0 radical (unpaired) electrons. The molecular formula is C26H27N3O6S. The first-order valence-corrected chi connectivity index (χ1v) is 12.4. The van der Waals surface area contributed by atoms with E-state index in [1.807, 2.05) is 13.0 Å². The molecule has 0 aliphatic carbocycles. The fraction of sp³-hybridized carbons (Fsp3) is 0.308. The third-order valence-electron chi connectivity index (χ3n) is 5.58. The van der Waals surface area contributed by atoms with E-state index in [1.165, 1.54) is 18.9 Å². The number of hydrogen-bond donors (Lipinski definition) is 0. The van der Waals surface area contributed by atoms with Gasteiger partial charge in [0.2, 0.25) is 0 Å². The van der Waals surface area contributed by atoms with Crippen LogP contribution < -0.4 is 4.74 Å². The van der Waals surface area contributed by atoms with Gasteiger partial charge in [-0.05, 0) is 60.7 Å². The molecule has 2 aliphatic heterocycles. The van der Waals surface area contributed by atoms with Crippen molar-refractivity contribution in [3.8, 4) is 5.75 Å². The third-order valence-corrected chi connectivity index (χ3v) is 6.59. The number of amides is 2. The van der Waals surface area contributed by atoms with Crippen LogP contribution in [0.25, 0.3) is 6.08 Å². The van der Waals surface area contributed by atoms with Crippen molar-refractivity contribution in [2.75, 3.05) is 46.6 Å². The first kappa shape index (κ1) is 25.5. The fourth-order valence-corrected chi connectivity index (χ4v) is 4.71. The maximum atomic E-state index is 13.0. The molecule has 0 N–H and O–H groups in total. The molecule has 2 amide bonds. The zero-order valence-corrected chi connectivity index (χ0v) is 21.0. The minimum absolute atomic E-state index is 0.0533. The summed E-state index contributed by atoms with van der Waals surface area (Å²) in [6.07, 6.45) is 1.79. The van der Waals surface area contributed by atoms with E-state index in [1.54, 1.807) is 58.3 Å². The van der Waals surface area contributed by atoms with Crippen LogP contribution in [0.15, 0.2) is 58.4 Å². The highest BCUT2D eigenvalue weighted by Gasteiger charge is 2.32. The molecule has 2 aromatic rings. The van der Waals surface area contributed by atoms with Crippen LogP contribution in [0.4, 0.5) is 5.69 Å². The number of morpholine rings is 1. The number of amidine groups is 1. The van der Waals surface area contributed by atoms with Gasteiger partial charge in [0.25, 0.3) is 11.8 Å². The minimum atomic E-state index is -0.461. The number of carbonyl (C=O) groups excluding carboxylic acids is 3. The first-order chi connectivity index (χ1) is 17.5. The number of thioether (sulfide) groups is 1. The smallest absolute Gasteiger partial charge is 0.343 e. The van der Waals surface area contributed by atoms with Gasteiger partial charge in [-0.1, -0.05) is 18.2 Å². The summed E-state index contributed by atoms with van der Waals surface area (Å²) in [5.74, 6) is -0.122. The predicted octanol–water partition coefficient (Wildman–Crippen LogP) is 3.33. The first-order valence-electron chi connectivity index (χ1n) is 11.6. The highest BCUT2D eigenvalue weighted by atomic mass is 32.2. The van der Waals surface area contributed by atoms with Crippen molar-refractivity contribution in [2.45, 2.75) is 6.92 Å². The van der Waals surface area contributed by atoms with Crippen molar-refractivity contribution in [3.63, 3.8) is 0 Å². The molecule has 2 fully saturated rings. The second-order valence-electron chi connectivity index (χ2n) is 7.94. The topological polar surface area (TPSA) is 97.7 Å². The molecule has 2 saturated heterocycles. The molecule has 4 rings (SSSR count). The lowest BCUT2D eigenvalue weighted by atomic mass is 10.1. The number of rotatable bonds is 7. The number of carbonyl (C=O) groups is 3. The highest BCUT2D eigenvalue weighted by molar-refractivity contribution is 8.18. The zero-order chi connectivity index (χ0) is 25.5. The molecule has 0 unspecified atom stereocenters. The number of esters is 1. The Balaban J connectivity index is 1.49. The molecule has 2 heterocycles. The Kier molecular flexibility index (Phi) is 8.40. The van der Waals surface area contributed by atoms with Crippen LogP contribution in [0, 0.1) is 0 Å². The van der Waals surface area contributed by atoms with Crippen molar-refractivity contribution in [2.24, 2.45) is 4.99 Å². The summed E-state index contributed by atoms with van der Waals surface area (Å²) in [4.78, 5) is 45.7. The minimum Gasteiger partial charge on any atom is -0.482 e. The van der Waals surface area contributed by atoms with Gasteiger partial charge in [0.15, 0.2) is 11.8 Å². The Labute approximate surface area is 213 Å². The molecule has 36 heavy (non-hydrogen) atoms. The van der Waals surface area contributed by atoms with Gasteiger partial charge in [-0.2, -0.15) is 0 Å². The standard InChI is InChI=1S/C26H27N3O6S/c1-3-29-25(32)22(15-18-7-9-21(10-8-18)35-17-23(30)33-2)36-26(29)27-20-6-4-5-19(16-20)24(31)28-11-13-34-14-12-28/h4-10,15-16H,3,11-14,17H2,1-2H3/b22-15+,27-26?. The van der Waals surface area contributed by atoms with E-state index in [-0.39, 0.29) is 18.4 Å². The number of aliphatic imine (C=N–C) groups is 1. The van der Waals surface area contributed by atoms with Crippen LogP contribution in [0.1, 0.15) is 22.8 Å². The second-order valence-corrected chi connectivity index (χ2v) is 8.95. The molecule has 0 spiro atoms. The number of methoxy groups -OCH3 is 1. The number of likely N-dealkylation sites (N-methyl/N-ethyl adjacent to an activating group) is 1. The summed E-state index contributed by atoms with van der Waals surface area (Å²) < 4.78 is 15.3. The van der Waals surface area contributed by atoms with E-state index in [0.29, 0.717) is 59.9 Å². The molecule has 0 atom stereocenters. The Morgan fingerprint density at radius 3 is 2.58 bits per heavy atom. The van der Waals surface area contributed by atoms with E-state index in [4.69, 9.17) is 9.47 Å². The van der Waals surface area contributed by atoms with Crippen molar-refractivity contribution in [1.82, 2.24) is 9.80 Å². The molecule has 0 aromatic heterocycles. The lowest BCUT2D eigenvalue weighted by Crippen LogP contribution is -2.40. The molecule has 0 bridgehead atoms. The quantitative estimate of drug-likeness (QED) is 0.417. The average Bonchev–Trinajstić information content (AvgIpc) is 3.21. The summed E-state index contributed by atoms with van der Waals surface area (Å²) in [5.41, 5.74) is 1.98. The van der Waals surface area contributed by atoms with Gasteiger partial charge < -0.3 is 19.1 Å². The summed E-state index contributed by atoms with van der Waals surface area (Å²) >= 11 is 1.29. The monoisotopic (exact) mass is 509 g/mol. The number of benzene rings is 2. The summed E-state index contributed by atoms with van der Waals surface area (Å²) in [7, 11) is 1.30. The second kappa shape index (κ2) is 11.9. The number of nitrogens with zero attached hydrogens (tertiary/aromatic N) is 3. The van der Waals surface area contributed by atoms with Gasteiger partial charge in [-0.15, -0.1) is 0 Å². The average molecular weight is 510 g/mol. The molecule has 188 valence electrons. The molecule has 0 saturated carbocycles. The lowest BCUT2D eigenvalue weighted by Gasteiger charge is -2.26. The predicted molar refractivity (Wildman–Crippen MR) is 137 cm³/mol. The van der Waals surface area contributed by atoms with Crippen LogP contribution in [-0.2, 0) is 19.1 Å². The zero-order valence-electron chi connectivity index (χ0n) is 20.1. The van der Waals surface area contributed by atoms with Crippen LogP contribution in [0.3, 0.4) is 0 Å². The third kappa shape index (κ3) is 6.13. The van der Waals surface area contributed by atoms with Gasteiger partial charge in [-0.25, -0.2) is 9.79 Å². The van der Waals surface area contributed by atoms with Crippen LogP contribution in [0.2, 0.25) is 0 Å². The van der Waals surface area contributed by atoms with Crippen molar-refractivity contribution < 1.29 is 28.6 Å². The van der Waals surface area contributed by atoms with E-state index in [0.717, 1.165) is 5.56 Å². The van der Waals surface area contributed by atoms with Gasteiger partial charge in [0, 0.05) is 25.2 Å². The fourth-order valence-electron chi connectivity index (χ4n) is 3.65. The van der Waals surface area contributed by atoms with Crippen molar-refractivity contribution >= 4 is 46.5 Å². The van der Waals surface area contributed by atoms with Gasteiger partial charge >= 0.3 is 5.97 Å². The largest absolute Gasteiger partial charge is 0.482 e. The highest BCUT2D eigenvalue weighted by Crippen LogP contribution is 2.34. The molecule has 10 heteroatoms. The van der Waals surface area contributed by atoms with Crippen LogP contribution >= 0.6 is 11.8 Å². The van der Waals surface area contributed by atoms with Gasteiger partial charge in [0.05, 0.1) is 30.9 Å². The lowest BCUT2D eigenvalue weighted by molar-refractivity contribution is -0.142. The molecule has 9 nitrogen and oxygen atoms in total. The molecule has 2 aliphatic rings. The van der Waals surface area contributed by atoms with Crippen LogP contribution in [-0.4, -0.2) is 79.3 Å². The van der Waals surface area contributed by atoms with Crippen LogP contribution in [0.5, 0.6) is 5.75 Å². The van der Waals surface area contributed by atoms with E-state index in [2.05, 4.69) is 9.73 Å². The normalized spacial score (nSPS) is 18.1. The maximum absolute atomic E-state index is 13.0. The van der Waals surface area contributed by atoms with E-state index < -0.39 is 5.97 Å². The van der Waals surface area contributed by atoms with Gasteiger partial charge in [0.1, 0.15) is 5.75 Å². The molecule has 2 aromatic carbocycles. The summed E-state index contributed by atoms with van der Waals surface area (Å²) in [5, 5.41) is 0.558. The Morgan fingerprint density at radius 1 is 1.14 bits per heavy atom. The number of hydrogen-bond acceptors (Lipinski definition) is 8. The van der Waals surface area contributed by atoms with E-state index >= 15 is 0 Å². The van der Waals surface area contributed by atoms with Gasteiger partial charge in [-0.3, -0.25) is 14.5 Å². The summed E-state index contributed by atoms with van der Waals surface area (Å²) in [6, 6.07) is 14.2. The Bertz CT molecular complexity index is 1190. The SMILES string of the molecule is CCN1C(=O)/C(=C\c2ccc(OCC(=O)OC)cc2)SC1=Nc1cccc(C(=O)N2CCOCC2)c1. The Hall–Kier alpha value is -3.63. The summed E-state index contributed by atoms with van der Waals surface area (Å²) in [6.45, 7) is 4.40. The Morgan fingerprint density at radius 2 is 1.89 bits per heavy atom. The maximum Gasteiger partial charge on any atom is 0.343 e. The number of ether oxygens (including phenoxy) is 3. The van der Waals surface area contributed by atoms with Crippen molar-refractivity contribution in [3.05, 3.63) is 64.6 Å².